The Balaban J connectivity index is 1.45. The van der Waals surface area contributed by atoms with Gasteiger partial charge in [0.1, 0.15) is 6.10 Å². The molecule has 0 bridgehead atoms. The highest BCUT2D eigenvalue weighted by Crippen LogP contribution is 2.76. The fraction of sp³-hybridized carbons (Fsp3) is 0.971. The van der Waals surface area contributed by atoms with E-state index in [0.29, 0.717) is 41.1 Å². The Hall–Kier alpha value is -0.570. The molecule has 0 aromatic heterocycles. The van der Waals surface area contributed by atoms with E-state index in [1.54, 1.807) is 0 Å². The van der Waals surface area contributed by atoms with Crippen molar-refractivity contribution in [3.8, 4) is 0 Å². The van der Waals surface area contributed by atoms with E-state index in [1.165, 1.54) is 96.3 Å². The number of aliphatic hydroxyl groups is 1. The lowest BCUT2D eigenvalue weighted by atomic mass is 9.32. The Labute approximate surface area is 234 Å². The summed E-state index contributed by atoms with van der Waals surface area (Å²) >= 11 is 0. The smallest absolute Gasteiger partial charge is 0.305 e. The molecule has 0 unspecified atom stereocenters. The maximum Gasteiger partial charge on any atom is 0.305 e. The van der Waals surface area contributed by atoms with Crippen LogP contribution in [0.15, 0.2) is 0 Å². The highest BCUT2D eigenvalue weighted by molar-refractivity contribution is 5.69. The highest BCUT2D eigenvalue weighted by atomic mass is 16.5. The van der Waals surface area contributed by atoms with Crippen molar-refractivity contribution < 1.29 is 14.6 Å². The molecule has 38 heavy (non-hydrogen) atoms. The normalized spacial score (nSPS) is 49.0. The molecule has 0 heterocycles. The van der Waals surface area contributed by atoms with Crippen LogP contribution in [-0.4, -0.2) is 23.8 Å². The Morgan fingerprint density at radius 3 is 2.13 bits per heavy atom. The van der Waals surface area contributed by atoms with Gasteiger partial charge in [-0.25, -0.2) is 0 Å². The summed E-state index contributed by atoms with van der Waals surface area (Å²) in [5, 5.41) is 10.9. The van der Waals surface area contributed by atoms with Crippen molar-refractivity contribution in [3.05, 3.63) is 0 Å². The summed E-state index contributed by atoms with van der Waals surface area (Å²) in [7, 11) is 0. The first-order valence-electron chi connectivity index (χ1n) is 16.8. The molecule has 0 spiro atoms. The lowest BCUT2D eigenvalue weighted by Crippen LogP contribution is -2.67. The number of carbonyl (C=O) groups excluding carboxylic acids is 1. The van der Waals surface area contributed by atoms with Gasteiger partial charge in [0, 0.05) is 18.4 Å². The number of hydrogen-bond donors (Lipinski definition) is 1. The van der Waals surface area contributed by atoms with Crippen LogP contribution < -0.4 is 0 Å². The Morgan fingerprint density at radius 2 is 1.42 bits per heavy atom. The summed E-state index contributed by atoms with van der Waals surface area (Å²) in [4.78, 5) is 12.3. The number of aliphatic hydroxyl groups excluding tert-OH is 1. The highest BCUT2D eigenvalue weighted by Gasteiger charge is 2.69. The van der Waals surface area contributed by atoms with Crippen molar-refractivity contribution in [2.75, 3.05) is 6.61 Å². The first kappa shape index (κ1) is 28.9. The van der Waals surface area contributed by atoms with Crippen LogP contribution in [0.25, 0.3) is 0 Å². The van der Waals surface area contributed by atoms with E-state index in [1.807, 2.05) is 6.92 Å². The fourth-order valence-electron chi connectivity index (χ4n) is 12.3. The lowest BCUT2D eigenvalue weighted by molar-refractivity contribution is -0.253. The van der Waals surface area contributed by atoms with Crippen LogP contribution in [0.1, 0.15) is 151 Å². The summed E-state index contributed by atoms with van der Waals surface area (Å²) in [6, 6.07) is 0. The molecule has 9 atom stereocenters. The van der Waals surface area contributed by atoms with Gasteiger partial charge in [0.15, 0.2) is 0 Å². The summed E-state index contributed by atoms with van der Waals surface area (Å²) in [6.07, 6.45) is 21.5. The fourth-order valence-corrected chi connectivity index (χ4v) is 12.3. The van der Waals surface area contributed by atoms with E-state index in [-0.39, 0.29) is 22.9 Å². The zero-order valence-electron chi connectivity index (χ0n) is 25.9. The third-order valence-corrected chi connectivity index (χ3v) is 14.6. The average molecular weight is 529 g/mol. The van der Waals surface area contributed by atoms with Crippen molar-refractivity contribution in [1.29, 1.82) is 0 Å². The molecule has 5 aliphatic carbocycles. The average Bonchev–Trinajstić information content (AvgIpc) is 2.88. The lowest BCUT2D eigenvalue weighted by Gasteiger charge is -2.73. The summed E-state index contributed by atoms with van der Waals surface area (Å²) in [5.74, 6) is 2.80. The van der Waals surface area contributed by atoms with E-state index in [9.17, 15) is 9.90 Å². The monoisotopic (exact) mass is 528 g/mol. The summed E-state index contributed by atoms with van der Waals surface area (Å²) in [5.41, 5.74) is 1.26. The zero-order chi connectivity index (χ0) is 27.4. The van der Waals surface area contributed by atoms with Crippen LogP contribution in [0.5, 0.6) is 0 Å². The van der Waals surface area contributed by atoms with E-state index in [4.69, 9.17) is 4.74 Å². The molecule has 1 N–H and O–H groups in total. The Bertz CT molecular complexity index is 865. The van der Waals surface area contributed by atoms with E-state index in [0.717, 1.165) is 18.3 Å². The second-order valence-electron chi connectivity index (χ2n) is 16.1. The minimum Gasteiger partial charge on any atom is -0.462 e. The predicted octanol–water partition coefficient (Wildman–Crippen LogP) is 9.11. The van der Waals surface area contributed by atoms with Crippen LogP contribution in [0, 0.1) is 50.7 Å². The SMILES string of the molecule is CCC(=O)O[C@H]1CC[C@]2(C)[C@H]3CC[C@@H]4[C@H]5CCCCCCCC[C@]5(CO)CC[C@@]4(C)[C@]3(C)CC[C@H]2C1(C)C. The molecular weight excluding hydrogens is 468 g/mol. The first-order valence-corrected chi connectivity index (χ1v) is 16.8. The minimum absolute atomic E-state index is 0.0272. The number of esters is 1. The molecule has 218 valence electrons. The molecule has 5 saturated carbocycles. The van der Waals surface area contributed by atoms with Crippen molar-refractivity contribution in [1.82, 2.24) is 0 Å². The van der Waals surface area contributed by atoms with Crippen LogP contribution in [0.4, 0.5) is 0 Å². The maximum absolute atomic E-state index is 12.3. The van der Waals surface area contributed by atoms with Gasteiger partial charge in [-0.2, -0.15) is 0 Å². The van der Waals surface area contributed by atoms with Crippen molar-refractivity contribution in [2.45, 2.75) is 157 Å². The number of fused-ring (bicyclic) bond motifs is 7. The molecule has 0 radical (unpaired) electrons. The van der Waals surface area contributed by atoms with Crippen LogP contribution >= 0.6 is 0 Å². The second-order valence-corrected chi connectivity index (χ2v) is 16.1. The van der Waals surface area contributed by atoms with Gasteiger partial charge in [-0.1, -0.05) is 80.1 Å². The van der Waals surface area contributed by atoms with Gasteiger partial charge < -0.3 is 9.84 Å². The summed E-state index contributed by atoms with van der Waals surface area (Å²) < 4.78 is 6.08. The van der Waals surface area contributed by atoms with Gasteiger partial charge in [-0.05, 0) is 110 Å². The molecule has 3 nitrogen and oxygen atoms in total. The maximum atomic E-state index is 12.3. The quantitative estimate of drug-likeness (QED) is 0.372. The first-order chi connectivity index (χ1) is 18.0. The van der Waals surface area contributed by atoms with Crippen molar-refractivity contribution >= 4 is 5.97 Å². The third kappa shape index (κ3) is 4.25. The van der Waals surface area contributed by atoms with Crippen molar-refractivity contribution in [3.63, 3.8) is 0 Å². The zero-order valence-corrected chi connectivity index (χ0v) is 25.9. The number of carbonyl (C=O) groups is 1. The number of ether oxygens (including phenoxy) is 1. The third-order valence-electron chi connectivity index (χ3n) is 14.6. The number of hydrogen-bond acceptors (Lipinski definition) is 3. The van der Waals surface area contributed by atoms with Gasteiger partial charge in [0.2, 0.25) is 0 Å². The molecule has 5 fully saturated rings. The molecule has 5 aliphatic rings. The standard InChI is InChI=1S/C35H60O3/c1-7-30(37)38-29-18-20-32(4)27(31(29,2)3)17-21-34(6)28(32)16-15-25-26-14-12-10-8-9-11-13-19-35(26,24-36)23-22-33(25,34)5/h25-29,36H,7-24H2,1-6H3/t25-,26-,27+,28-,29+,32+,33-,34-,35-/m1/s1. The number of rotatable bonds is 3. The Morgan fingerprint density at radius 1 is 0.711 bits per heavy atom. The van der Waals surface area contributed by atoms with Crippen LogP contribution in [0.2, 0.25) is 0 Å². The van der Waals surface area contributed by atoms with E-state index >= 15 is 0 Å². The molecule has 0 aromatic rings. The largest absolute Gasteiger partial charge is 0.462 e. The Kier molecular flexibility index (Phi) is 7.89. The van der Waals surface area contributed by atoms with Crippen LogP contribution in [0.3, 0.4) is 0 Å². The van der Waals surface area contributed by atoms with E-state index in [2.05, 4.69) is 34.6 Å². The minimum atomic E-state index is -0.0272. The molecule has 0 aromatic carbocycles. The predicted molar refractivity (Wildman–Crippen MR) is 156 cm³/mol. The molecular formula is C35H60O3. The molecule has 0 amide bonds. The van der Waals surface area contributed by atoms with Crippen LogP contribution in [-0.2, 0) is 9.53 Å². The van der Waals surface area contributed by atoms with Crippen molar-refractivity contribution in [2.24, 2.45) is 50.7 Å². The molecule has 5 rings (SSSR count). The molecule has 0 aliphatic heterocycles. The molecule has 0 saturated heterocycles. The van der Waals surface area contributed by atoms with Gasteiger partial charge in [-0.3, -0.25) is 4.79 Å². The van der Waals surface area contributed by atoms with Gasteiger partial charge in [0.05, 0.1) is 0 Å². The second kappa shape index (κ2) is 10.4. The van der Waals surface area contributed by atoms with Gasteiger partial charge in [-0.15, -0.1) is 0 Å². The van der Waals surface area contributed by atoms with E-state index < -0.39 is 0 Å². The van der Waals surface area contributed by atoms with Gasteiger partial charge in [0.25, 0.3) is 0 Å². The summed E-state index contributed by atoms with van der Waals surface area (Å²) in [6.45, 7) is 15.2. The topological polar surface area (TPSA) is 46.5 Å². The van der Waals surface area contributed by atoms with Gasteiger partial charge >= 0.3 is 5.97 Å². The molecule has 3 heteroatoms.